The minimum atomic E-state index is -4.30. The molecule has 0 fully saturated rings. The zero-order valence-corrected chi connectivity index (χ0v) is 12.0. The van der Waals surface area contributed by atoms with E-state index in [1.807, 2.05) is 13.8 Å². The van der Waals surface area contributed by atoms with Gasteiger partial charge in [0.1, 0.15) is 0 Å². The summed E-state index contributed by atoms with van der Waals surface area (Å²) in [5, 5.41) is 8.81. The third-order valence-electron chi connectivity index (χ3n) is 2.61. The van der Waals surface area contributed by atoms with Crippen molar-refractivity contribution >= 4 is 17.7 Å². The molecule has 0 aliphatic rings. The maximum Gasteiger partial charge on any atom is 0.446 e. The molecule has 0 saturated heterocycles. The second-order valence-electron chi connectivity index (χ2n) is 4.58. The molecule has 0 atom stereocenters. The number of thioether (sulfide) groups is 1. The molecule has 20 heavy (non-hydrogen) atoms. The van der Waals surface area contributed by atoms with Crippen LogP contribution in [0.25, 0.3) is 0 Å². The van der Waals surface area contributed by atoms with Crippen molar-refractivity contribution in [1.82, 2.24) is 4.90 Å². The van der Waals surface area contributed by atoms with Crippen molar-refractivity contribution in [3.05, 3.63) is 29.8 Å². The van der Waals surface area contributed by atoms with Gasteiger partial charge in [0.2, 0.25) is 0 Å². The molecule has 0 amide bonds. The highest BCUT2D eigenvalue weighted by molar-refractivity contribution is 8.00. The lowest BCUT2D eigenvalue weighted by Crippen LogP contribution is -2.35. The summed E-state index contributed by atoms with van der Waals surface area (Å²) in [4.78, 5) is 12.6. The van der Waals surface area contributed by atoms with Crippen LogP contribution in [0.15, 0.2) is 29.2 Å². The molecular weight excluding hydrogens is 291 g/mol. The van der Waals surface area contributed by atoms with Gasteiger partial charge in [-0.25, -0.2) is 0 Å². The summed E-state index contributed by atoms with van der Waals surface area (Å²) in [5.74, 6) is -0.928. The number of benzene rings is 1. The second kappa shape index (κ2) is 6.99. The summed E-state index contributed by atoms with van der Waals surface area (Å²) >= 11 is -0.162. The third kappa shape index (κ3) is 6.29. The Morgan fingerprint density at radius 1 is 1.30 bits per heavy atom. The van der Waals surface area contributed by atoms with Gasteiger partial charge >= 0.3 is 11.5 Å². The molecule has 0 unspecified atom stereocenters. The van der Waals surface area contributed by atoms with Gasteiger partial charge in [-0.15, -0.1) is 0 Å². The Morgan fingerprint density at radius 3 is 2.25 bits per heavy atom. The molecule has 3 nitrogen and oxygen atoms in total. The first-order valence-electron chi connectivity index (χ1n) is 5.98. The predicted molar refractivity (Wildman–Crippen MR) is 71.5 cm³/mol. The van der Waals surface area contributed by atoms with E-state index >= 15 is 0 Å². The van der Waals surface area contributed by atoms with Gasteiger partial charge in [-0.05, 0) is 43.3 Å². The lowest BCUT2D eigenvalue weighted by molar-refractivity contribution is -0.138. The smallest absolute Gasteiger partial charge is 0.446 e. The van der Waals surface area contributed by atoms with E-state index in [1.54, 1.807) is 17.0 Å². The van der Waals surface area contributed by atoms with E-state index in [0.717, 1.165) is 5.56 Å². The number of nitrogens with zero attached hydrogens (tertiary/aromatic N) is 1. The van der Waals surface area contributed by atoms with Gasteiger partial charge in [0.25, 0.3) is 0 Å². The molecule has 0 bridgehead atoms. The summed E-state index contributed by atoms with van der Waals surface area (Å²) in [5.41, 5.74) is -3.51. The summed E-state index contributed by atoms with van der Waals surface area (Å²) in [6.07, 6.45) is 0. The number of hydrogen-bond donors (Lipinski definition) is 1. The first-order valence-corrected chi connectivity index (χ1v) is 6.79. The highest BCUT2D eigenvalue weighted by atomic mass is 32.2. The standard InChI is InChI=1S/C13H16F3NO2S/c1-9(2)17(8-12(18)19)7-10-3-5-11(6-4-10)20-13(14,15)16/h3-6,9H,7-8H2,1-2H3,(H,18,19). The molecule has 0 saturated carbocycles. The Balaban J connectivity index is 2.70. The Bertz CT molecular complexity index is 446. The van der Waals surface area contributed by atoms with Crippen molar-refractivity contribution in [3.63, 3.8) is 0 Å². The highest BCUT2D eigenvalue weighted by Crippen LogP contribution is 2.36. The predicted octanol–water partition coefficient (Wildman–Crippen LogP) is 3.59. The molecular formula is C13H16F3NO2S. The van der Waals surface area contributed by atoms with Crippen LogP contribution < -0.4 is 0 Å². The molecule has 0 aromatic heterocycles. The van der Waals surface area contributed by atoms with E-state index in [2.05, 4.69) is 0 Å². The second-order valence-corrected chi connectivity index (χ2v) is 5.72. The van der Waals surface area contributed by atoms with E-state index in [4.69, 9.17) is 5.11 Å². The molecule has 0 aliphatic heterocycles. The van der Waals surface area contributed by atoms with E-state index in [-0.39, 0.29) is 29.2 Å². The molecule has 112 valence electrons. The molecule has 0 spiro atoms. The van der Waals surface area contributed by atoms with Crippen molar-refractivity contribution < 1.29 is 23.1 Å². The van der Waals surface area contributed by atoms with Gasteiger partial charge in [0.05, 0.1) is 6.54 Å². The minimum Gasteiger partial charge on any atom is -0.480 e. The zero-order valence-electron chi connectivity index (χ0n) is 11.1. The topological polar surface area (TPSA) is 40.5 Å². The lowest BCUT2D eigenvalue weighted by Gasteiger charge is -2.24. The summed E-state index contributed by atoms with van der Waals surface area (Å²) in [7, 11) is 0. The first-order chi connectivity index (χ1) is 9.17. The summed E-state index contributed by atoms with van der Waals surface area (Å²) in [6.45, 7) is 4.03. The van der Waals surface area contributed by atoms with Gasteiger partial charge in [-0.2, -0.15) is 13.2 Å². The molecule has 0 heterocycles. The molecule has 1 N–H and O–H groups in total. The number of hydrogen-bond acceptors (Lipinski definition) is 3. The fourth-order valence-corrected chi connectivity index (χ4v) is 2.17. The maximum atomic E-state index is 12.2. The van der Waals surface area contributed by atoms with Crippen molar-refractivity contribution in [3.8, 4) is 0 Å². The van der Waals surface area contributed by atoms with Crippen LogP contribution in [0.3, 0.4) is 0 Å². The highest BCUT2D eigenvalue weighted by Gasteiger charge is 2.29. The minimum absolute atomic E-state index is 0.0373. The van der Waals surface area contributed by atoms with Crippen LogP contribution in [0.4, 0.5) is 13.2 Å². The number of aliphatic carboxylic acids is 1. The Kier molecular flexibility index (Phi) is 5.88. The average molecular weight is 307 g/mol. The lowest BCUT2D eigenvalue weighted by atomic mass is 10.2. The average Bonchev–Trinajstić information content (AvgIpc) is 2.28. The van der Waals surface area contributed by atoms with Crippen molar-refractivity contribution in [2.75, 3.05) is 6.54 Å². The SMILES string of the molecule is CC(C)N(CC(=O)O)Cc1ccc(SC(F)(F)F)cc1. The molecule has 1 rings (SSSR count). The largest absolute Gasteiger partial charge is 0.480 e. The normalized spacial score (nSPS) is 12.2. The van der Waals surface area contributed by atoms with Crippen LogP contribution in [0.2, 0.25) is 0 Å². The third-order valence-corrected chi connectivity index (χ3v) is 3.35. The van der Waals surface area contributed by atoms with Crippen LogP contribution >= 0.6 is 11.8 Å². The first kappa shape index (κ1) is 16.8. The Labute approximate surface area is 119 Å². The fraction of sp³-hybridized carbons (Fsp3) is 0.462. The summed E-state index contributed by atoms with van der Waals surface area (Å²) in [6, 6.07) is 6.01. The maximum absolute atomic E-state index is 12.2. The van der Waals surface area contributed by atoms with Crippen LogP contribution in [-0.2, 0) is 11.3 Å². The number of carboxylic acid groups (broad SMARTS) is 1. The molecule has 1 aromatic rings. The molecule has 0 radical (unpaired) electrons. The number of carboxylic acids is 1. The van der Waals surface area contributed by atoms with Crippen LogP contribution in [-0.4, -0.2) is 34.1 Å². The number of rotatable bonds is 6. The van der Waals surface area contributed by atoms with Gasteiger partial charge in [-0.3, -0.25) is 9.69 Å². The number of alkyl halides is 3. The van der Waals surface area contributed by atoms with Crippen LogP contribution in [0, 0.1) is 0 Å². The summed E-state index contributed by atoms with van der Waals surface area (Å²) < 4.78 is 36.6. The molecule has 7 heteroatoms. The van der Waals surface area contributed by atoms with Gasteiger partial charge in [-0.1, -0.05) is 12.1 Å². The number of halogens is 3. The van der Waals surface area contributed by atoms with Crippen molar-refractivity contribution in [2.45, 2.75) is 36.8 Å². The van der Waals surface area contributed by atoms with Crippen molar-refractivity contribution in [2.24, 2.45) is 0 Å². The van der Waals surface area contributed by atoms with Gasteiger partial charge in [0.15, 0.2) is 0 Å². The Morgan fingerprint density at radius 2 is 1.85 bits per heavy atom. The molecule has 0 aliphatic carbocycles. The van der Waals surface area contributed by atoms with Crippen LogP contribution in [0.1, 0.15) is 19.4 Å². The van der Waals surface area contributed by atoms with E-state index in [0.29, 0.717) is 6.54 Å². The van der Waals surface area contributed by atoms with E-state index in [1.165, 1.54) is 12.1 Å². The number of carbonyl (C=O) groups is 1. The fourth-order valence-electron chi connectivity index (χ4n) is 1.63. The monoisotopic (exact) mass is 307 g/mol. The van der Waals surface area contributed by atoms with E-state index < -0.39 is 11.5 Å². The molecule has 1 aromatic carbocycles. The Hall–Kier alpha value is -1.21. The van der Waals surface area contributed by atoms with Gasteiger partial charge in [0, 0.05) is 17.5 Å². The van der Waals surface area contributed by atoms with Gasteiger partial charge < -0.3 is 5.11 Å². The quantitative estimate of drug-likeness (QED) is 0.815. The van der Waals surface area contributed by atoms with Crippen molar-refractivity contribution in [1.29, 1.82) is 0 Å². The van der Waals surface area contributed by atoms with Crippen LogP contribution in [0.5, 0.6) is 0 Å². The zero-order chi connectivity index (χ0) is 15.3. The van der Waals surface area contributed by atoms with E-state index in [9.17, 15) is 18.0 Å².